The van der Waals surface area contributed by atoms with E-state index in [-0.39, 0.29) is 5.96 Å². The highest BCUT2D eigenvalue weighted by atomic mass is 15.3. The van der Waals surface area contributed by atoms with Gasteiger partial charge in [-0.3, -0.25) is 15.3 Å². The summed E-state index contributed by atoms with van der Waals surface area (Å²) >= 11 is 0. The van der Waals surface area contributed by atoms with Gasteiger partial charge >= 0.3 is 0 Å². The van der Waals surface area contributed by atoms with Crippen molar-refractivity contribution in [1.29, 1.82) is 5.41 Å². The molecule has 0 saturated carbocycles. The van der Waals surface area contributed by atoms with Crippen LogP contribution in [0.5, 0.6) is 0 Å². The molecule has 0 aliphatic carbocycles. The standard InChI is InChI=1S/C4H7N5/c5-4(6)9-2-7-1-8-3-9/h1-2H,3H2,(H3,5,6). The van der Waals surface area contributed by atoms with Crippen molar-refractivity contribution < 1.29 is 0 Å². The molecule has 48 valence electrons. The van der Waals surface area contributed by atoms with E-state index in [4.69, 9.17) is 11.1 Å². The highest BCUT2D eigenvalue weighted by Gasteiger charge is 2.01. The van der Waals surface area contributed by atoms with Gasteiger partial charge in [0.2, 0.25) is 0 Å². The van der Waals surface area contributed by atoms with Gasteiger partial charge in [-0.05, 0) is 0 Å². The Balaban J connectivity index is 2.56. The molecule has 0 unspecified atom stereocenters. The number of nitrogens with one attached hydrogen (secondary N) is 1. The number of rotatable bonds is 0. The molecule has 0 fully saturated rings. The van der Waals surface area contributed by atoms with Crippen molar-refractivity contribution in [3.8, 4) is 0 Å². The smallest absolute Gasteiger partial charge is 0.195 e. The Morgan fingerprint density at radius 3 is 2.89 bits per heavy atom. The van der Waals surface area contributed by atoms with Gasteiger partial charge in [-0.25, -0.2) is 4.99 Å². The fourth-order valence-corrected chi connectivity index (χ4v) is 0.457. The molecule has 0 bridgehead atoms. The van der Waals surface area contributed by atoms with Crippen molar-refractivity contribution in [2.24, 2.45) is 15.7 Å². The number of nitrogens with zero attached hydrogens (tertiary/aromatic N) is 3. The second-order valence-electron chi connectivity index (χ2n) is 1.56. The van der Waals surface area contributed by atoms with Gasteiger partial charge < -0.3 is 5.73 Å². The maximum atomic E-state index is 6.93. The second kappa shape index (κ2) is 2.25. The van der Waals surface area contributed by atoms with Crippen LogP contribution in [0.2, 0.25) is 0 Å². The number of guanidine groups is 1. The Kier molecular flexibility index (Phi) is 1.44. The van der Waals surface area contributed by atoms with Crippen molar-refractivity contribution >= 4 is 18.6 Å². The molecule has 9 heavy (non-hydrogen) atoms. The zero-order valence-corrected chi connectivity index (χ0v) is 4.78. The van der Waals surface area contributed by atoms with Crippen LogP contribution in [0.3, 0.4) is 0 Å². The normalized spacial score (nSPS) is 16.2. The third-order valence-electron chi connectivity index (χ3n) is 0.898. The molecular weight excluding hydrogens is 118 g/mol. The predicted molar refractivity (Wildman–Crippen MR) is 35.6 cm³/mol. The number of hydrogen-bond acceptors (Lipinski definition) is 3. The Bertz CT molecular complexity index is 170. The van der Waals surface area contributed by atoms with Gasteiger partial charge in [0.25, 0.3) is 0 Å². The van der Waals surface area contributed by atoms with Crippen molar-refractivity contribution in [2.75, 3.05) is 6.67 Å². The summed E-state index contributed by atoms with van der Waals surface area (Å²) in [6.45, 7) is 0.402. The summed E-state index contributed by atoms with van der Waals surface area (Å²) in [5.74, 6) is -0.0319. The van der Waals surface area contributed by atoms with Crippen molar-refractivity contribution in [1.82, 2.24) is 4.90 Å². The molecule has 5 heteroatoms. The molecule has 1 aliphatic heterocycles. The molecule has 1 rings (SSSR count). The van der Waals surface area contributed by atoms with Crippen LogP contribution < -0.4 is 5.73 Å². The summed E-state index contributed by atoms with van der Waals surface area (Å²) in [5, 5.41) is 6.93. The molecule has 0 radical (unpaired) electrons. The quantitative estimate of drug-likeness (QED) is 0.328. The summed E-state index contributed by atoms with van der Waals surface area (Å²) in [6, 6.07) is 0. The summed E-state index contributed by atoms with van der Waals surface area (Å²) < 4.78 is 0. The molecule has 1 aliphatic rings. The Labute approximate surface area is 52.4 Å². The molecule has 0 aromatic rings. The van der Waals surface area contributed by atoms with Gasteiger partial charge in [0, 0.05) is 0 Å². The number of hydrogen-bond donors (Lipinski definition) is 2. The third-order valence-corrected chi connectivity index (χ3v) is 0.898. The van der Waals surface area contributed by atoms with E-state index in [1.807, 2.05) is 0 Å². The van der Waals surface area contributed by atoms with Crippen LogP contribution in [0.4, 0.5) is 0 Å². The summed E-state index contributed by atoms with van der Waals surface area (Å²) in [7, 11) is 0. The van der Waals surface area contributed by atoms with Crippen molar-refractivity contribution in [3.63, 3.8) is 0 Å². The van der Waals surface area contributed by atoms with Crippen LogP contribution >= 0.6 is 0 Å². The molecule has 0 atom stereocenters. The molecule has 1 heterocycles. The Morgan fingerprint density at radius 1 is 1.78 bits per heavy atom. The van der Waals surface area contributed by atoms with E-state index in [0.29, 0.717) is 6.67 Å². The maximum Gasteiger partial charge on any atom is 0.195 e. The molecule has 0 aromatic heterocycles. The van der Waals surface area contributed by atoms with Gasteiger partial charge in [-0.2, -0.15) is 0 Å². The fraction of sp³-hybridized carbons (Fsp3) is 0.250. The Hall–Kier alpha value is -1.39. The van der Waals surface area contributed by atoms with E-state index in [1.165, 1.54) is 17.6 Å². The first-order chi connectivity index (χ1) is 4.30. The summed E-state index contributed by atoms with van der Waals surface area (Å²) in [5.41, 5.74) is 5.11. The van der Waals surface area contributed by atoms with Crippen LogP contribution in [0.25, 0.3) is 0 Å². The summed E-state index contributed by atoms with van der Waals surface area (Å²) in [4.78, 5) is 8.86. The molecule has 0 aromatic carbocycles. The molecule has 5 nitrogen and oxygen atoms in total. The average Bonchev–Trinajstić information content (AvgIpc) is 1.90. The maximum absolute atomic E-state index is 6.93. The Morgan fingerprint density at radius 2 is 2.56 bits per heavy atom. The van der Waals surface area contributed by atoms with E-state index in [1.54, 1.807) is 0 Å². The second-order valence-corrected chi connectivity index (χ2v) is 1.56. The van der Waals surface area contributed by atoms with Crippen molar-refractivity contribution in [2.45, 2.75) is 0 Å². The fourth-order valence-electron chi connectivity index (χ4n) is 0.457. The minimum atomic E-state index is -0.0319. The minimum absolute atomic E-state index is 0.0319. The van der Waals surface area contributed by atoms with Gasteiger partial charge in [-0.1, -0.05) is 0 Å². The number of nitrogens with two attached hydrogens (primary N) is 1. The monoisotopic (exact) mass is 125 g/mol. The number of aliphatic imine (C=N–C) groups is 2. The SMILES string of the molecule is N=C(N)N1C=NC=NC1. The van der Waals surface area contributed by atoms with Crippen LogP contribution in [-0.4, -0.2) is 30.2 Å². The van der Waals surface area contributed by atoms with Gasteiger partial charge in [0.1, 0.15) is 19.3 Å². The van der Waals surface area contributed by atoms with E-state index in [0.717, 1.165) is 0 Å². The molecule has 0 amide bonds. The first-order valence-corrected chi connectivity index (χ1v) is 2.43. The first kappa shape index (κ1) is 5.74. The van der Waals surface area contributed by atoms with E-state index < -0.39 is 0 Å². The lowest BCUT2D eigenvalue weighted by atomic mass is 10.7. The van der Waals surface area contributed by atoms with Crippen LogP contribution in [-0.2, 0) is 0 Å². The topological polar surface area (TPSA) is 77.8 Å². The van der Waals surface area contributed by atoms with Gasteiger partial charge in [0.05, 0.1) is 0 Å². The molecular formula is C4H7N5. The van der Waals surface area contributed by atoms with Crippen LogP contribution in [0.15, 0.2) is 9.98 Å². The first-order valence-electron chi connectivity index (χ1n) is 2.43. The van der Waals surface area contributed by atoms with E-state index in [9.17, 15) is 0 Å². The van der Waals surface area contributed by atoms with E-state index >= 15 is 0 Å². The predicted octanol–water partition coefficient (Wildman–Crippen LogP) is -0.790. The zero-order chi connectivity index (χ0) is 6.69. The lowest BCUT2D eigenvalue weighted by Gasteiger charge is -2.14. The lowest BCUT2D eigenvalue weighted by Crippen LogP contribution is -2.36. The largest absolute Gasteiger partial charge is 0.370 e. The van der Waals surface area contributed by atoms with E-state index in [2.05, 4.69) is 9.98 Å². The summed E-state index contributed by atoms with van der Waals surface area (Å²) in [6.07, 6.45) is 2.90. The zero-order valence-electron chi connectivity index (χ0n) is 4.78. The highest BCUT2D eigenvalue weighted by Crippen LogP contribution is 1.86. The van der Waals surface area contributed by atoms with Gasteiger partial charge in [0.15, 0.2) is 5.96 Å². The van der Waals surface area contributed by atoms with Crippen molar-refractivity contribution in [3.05, 3.63) is 0 Å². The van der Waals surface area contributed by atoms with Crippen LogP contribution in [0, 0.1) is 5.41 Å². The molecule has 0 spiro atoms. The average molecular weight is 125 g/mol. The highest BCUT2D eigenvalue weighted by molar-refractivity contribution is 5.90. The third kappa shape index (κ3) is 1.25. The van der Waals surface area contributed by atoms with Crippen LogP contribution in [0.1, 0.15) is 0 Å². The lowest BCUT2D eigenvalue weighted by molar-refractivity contribution is 0.626. The minimum Gasteiger partial charge on any atom is -0.370 e. The molecule has 0 saturated heterocycles. The van der Waals surface area contributed by atoms with Gasteiger partial charge in [-0.15, -0.1) is 0 Å². The molecule has 3 N–H and O–H groups in total.